The number of imide groups is 1. The third-order valence-electron chi connectivity index (χ3n) is 13.9. The van der Waals surface area contributed by atoms with Crippen LogP contribution in [0.25, 0.3) is 17.4 Å². The minimum Gasteiger partial charge on any atom is -0.464 e. The molecule has 1 saturated heterocycles. The van der Waals surface area contributed by atoms with Crippen LogP contribution >= 0.6 is 0 Å². The van der Waals surface area contributed by atoms with Crippen molar-refractivity contribution in [1.29, 1.82) is 0 Å². The molecule has 1 unspecified atom stereocenters. The standard InChI is InChI=1S/C59H87N3O26S3/c1-59(16-4-44-89(66,67)68)52-47-50(91(72,73)74)9-11-53(52)61(19-23-78-28-31-82-36-39-86-43-42-84-37-34-80-29-26-76-20-15-58(65)88-62-56(63)12-13-57(62)64)55(59)7-3-6-48-14-21-87-54-46-49(8-10-51(48)54)60(17-5-45-90(69,70)71)18-22-77-27-30-81-35-38-85-41-40-83-33-32-79-25-24-75-2/h3,6-11,14,21,46-47H,4-5,12-13,15-20,22-45H2,1-2H3,(H2-,66,67,68,69,70,71,72,73,74)/p+1. The third kappa shape index (κ3) is 29.3. The molecule has 1 aromatic carbocycles. The Bertz CT molecular complexity index is 3120. The van der Waals surface area contributed by atoms with Crippen LogP contribution in [-0.4, -0.2) is 252 Å². The quantitative estimate of drug-likeness (QED) is 0.0316. The number of ether oxygens (including phenoxy) is 12. The van der Waals surface area contributed by atoms with Gasteiger partial charge in [-0.3, -0.25) is 23.2 Å². The highest BCUT2D eigenvalue weighted by Gasteiger charge is 2.44. The van der Waals surface area contributed by atoms with Crippen molar-refractivity contribution in [2.45, 2.75) is 55.8 Å². The number of fused-ring (bicyclic) bond motifs is 2. The van der Waals surface area contributed by atoms with E-state index in [2.05, 4.69) is 0 Å². The number of hydroxylamine groups is 2. The lowest BCUT2D eigenvalue weighted by molar-refractivity contribution is -0.198. The van der Waals surface area contributed by atoms with E-state index in [1.54, 1.807) is 25.3 Å². The molecule has 0 bridgehead atoms. The van der Waals surface area contributed by atoms with Crippen LogP contribution in [0.15, 0.2) is 75.9 Å². The Labute approximate surface area is 531 Å². The van der Waals surface area contributed by atoms with E-state index in [1.807, 2.05) is 46.8 Å². The number of rotatable bonds is 51. The van der Waals surface area contributed by atoms with Gasteiger partial charge in [-0.2, -0.15) is 25.3 Å². The maximum absolute atomic E-state index is 12.5. The zero-order valence-electron chi connectivity index (χ0n) is 51.7. The van der Waals surface area contributed by atoms with Gasteiger partial charge in [0.25, 0.3) is 42.2 Å². The number of carbonyl (C=O) groups excluding carboxylic acids is 3. The SMILES string of the molecule is COCCOCCOCCOCCOCCOCC[N+](CCCS(=O)(=O)O)=c1ccc2c(/C=C/C=C3/N(CCOCCOCCOCCOCCOCCOCCC(=O)ON4C(=O)CCC4=O)c4ccc(S(=O)(=O)O)cc4C3(C)CCCS(=O)(=O)O)ccoc-2c1. The number of hydrogen-bond acceptors (Lipinski definition) is 24. The second-order valence-corrected chi connectivity index (χ2v) is 25.2. The van der Waals surface area contributed by atoms with Gasteiger partial charge in [-0.05, 0) is 67.3 Å². The molecule has 3 heterocycles. The number of benzene rings is 2. The van der Waals surface area contributed by atoms with Gasteiger partial charge in [-0.15, -0.1) is 5.06 Å². The number of methoxy groups -OCH3 is 1. The topological polar surface area (TPSA) is 357 Å². The van der Waals surface area contributed by atoms with Crippen molar-refractivity contribution >= 4 is 59.9 Å². The van der Waals surface area contributed by atoms with E-state index in [0.29, 0.717) is 139 Å². The van der Waals surface area contributed by atoms with E-state index in [-0.39, 0.29) is 109 Å². The van der Waals surface area contributed by atoms with Crippen LogP contribution in [0.1, 0.15) is 56.6 Å². The van der Waals surface area contributed by atoms with Crippen LogP contribution in [0.5, 0.6) is 0 Å². The minimum absolute atomic E-state index is 0.00148. The molecule has 1 aromatic rings. The maximum Gasteiger partial charge on any atom is 0.335 e. The Kier molecular flexibility index (Phi) is 34.9. The molecule has 0 radical (unpaired) electrons. The van der Waals surface area contributed by atoms with Gasteiger partial charge >= 0.3 is 5.97 Å². The van der Waals surface area contributed by atoms with E-state index in [1.165, 1.54) is 18.4 Å². The summed E-state index contributed by atoms with van der Waals surface area (Å²) in [7, 11) is -11.6. The van der Waals surface area contributed by atoms with Crippen molar-refractivity contribution in [2.24, 2.45) is 0 Å². The largest absolute Gasteiger partial charge is 0.464 e. The van der Waals surface area contributed by atoms with Crippen molar-refractivity contribution in [3.63, 3.8) is 0 Å². The molecular weight excluding hydrogens is 1260 g/mol. The van der Waals surface area contributed by atoms with Gasteiger partial charge in [-0.1, -0.05) is 12.2 Å². The Morgan fingerprint density at radius 3 is 1.62 bits per heavy atom. The average molecular weight is 1350 g/mol. The fourth-order valence-electron chi connectivity index (χ4n) is 9.43. The smallest absolute Gasteiger partial charge is 0.335 e. The van der Waals surface area contributed by atoms with Crippen molar-refractivity contribution < 1.29 is 119 Å². The van der Waals surface area contributed by atoms with Crippen molar-refractivity contribution in [3.8, 4) is 11.3 Å². The van der Waals surface area contributed by atoms with Gasteiger partial charge in [0.15, 0.2) is 6.54 Å². The summed E-state index contributed by atoms with van der Waals surface area (Å²) >= 11 is 0. The summed E-state index contributed by atoms with van der Waals surface area (Å²) in [5, 5.41) is 1.20. The lowest BCUT2D eigenvalue weighted by Gasteiger charge is -2.30. The molecule has 29 nitrogen and oxygen atoms in total. The molecule has 0 aromatic heterocycles. The molecule has 1 atom stereocenters. The Morgan fingerprint density at radius 1 is 0.604 bits per heavy atom. The molecule has 2 amide bonds. The fourth-order valence-corrected chi connectivity index (χ4v) is 10.9. The van der Waals surface area contributed by atoms with Crippen LogP contribution in [0.2, 0.25) is 0 Å². The Hall–Kier alpha value is -5.21. The molecule has 91 heavy (non-hydrogen) atoms. The Balaban J connectivity index is 1.12. The fraction of sp³-hybridized carbons (Fsp3) is 0.627. The van der Waals surface area contributed by atoms with Gasteiger partial charge in [0.2, 0.25) is 5.36 Å². The number of nitrogens with zero attached hydrogens (tertiary/aromatic N) is 3. The highest BCUT2D eigenvalue weighted by atomic mass is 32.2. The molecule has 0 spiro atoms. The maximum atomic E-state index is 12.5. The van der Waals surface area contributed by atoms with Crippen LogP contribution in [0.3, 0.4) is 0 Å². The number of allylic oxidation sites excluding steroid dienone is 3. The van der Waals surface area contributed by atoms with Crippen molar-refractivity contribution in [1.82, 2.24) is 9.64 Å². The number of carbonyl (C=O) groups is 3. The predicted octanol–water partition coefficient (Wildman–Crippen LogP) is 2.85. The highest BCUT2D eigenvalue weighted by Crippen LogP contribution is 2.51. The summed E-state index contributed by atoms with van der Waals surface area (Å²) in [4.78, 5) is 41.3. The summed E-state index contributed by atoms with van der Waals surface area (Å²) in [5.74, 6) is -2.33. The van der Waals surface area contributed by atoms with E-state index in [0.717, 1.165) is 11.1 Å². The number of anilines is 1. The third-order valence-corrected chi connectivity index (χ3v) is 16.4. The number of amides is 2. The Morgan fingerprint density at radius 2 is 1.10 bits per heavy atom. The van der Waals surface area contributed by atoms with E-state index >= 15 is 0 Å². The van der Waals surface area contributed by atoms with Crippen molar-refractivity contribution in [3.05, 3.63) is 83.1 Å². The summed E-state index contributed by atoms with van der Waals surface area (Å²) in [6, 6.07) is 11.5. The molecule has 1 aliphatic carbocycles. The molecule has 0 saturated carbocycles. The molecule has 512 valence electrons. The van der Waals surface area contributed by atoms with E-state index in [9.17, 15) is 53.3 Å². The monoisotopic (exact) mass is 1350 g/mol. The summed E-state index contributed by atoms with van der Waals surface area (Å²) in [6.45, 7) is 10.2. The van der Waals surface area contributed by atoms with Gasteiger partial charge < -0.3 is 71.0 Å². The molecule has 3 N–H and O–H groups in total. The highest BCUT2D eigenvalue weighted by molar-refractivity contribution is 7.86. The normalized spacial score (nSPS) is 16.3. The van der Waals surface area contributed by atoms with Crippen LogP contribution < -0.4 is 14.8 Å². The minimum atomic E-state index is -4.65. The number of hydrogen-bond donors (Lipinski definition) is 3. The molecular formula is C59H88N3O26S3+. The zero-order chi connectivity index (χ0) is 65.8. The van der Waals surface area contributed by atoms with Crippen LogP contribution in [0, 0.1) is 0 Å². The lowest BCUT2D eigenvalue weighted by Crippen LogP contribution is -2.35. The van der Waals surface area contributed by atoms with Gasteiger partial charge in [0, 0.05) is 61.3 Å². The second-order valence-electron chi connectivity index (χ2n) is 20.6. The first-order valence-corrected chi connectivity index (χ1v) is 34.5. The van der Waals surface area contributed by atoms with Gasteiger partial charge in [0.05, 0.1) is 181 Å². The molecule has 5 rings (SSSR count). The first-order valence-electron chi connectivity index (χ1n) is 29.9. The van der Waals surface area contributed by atoms with Crippen LogP contribution in [0.4, 0.5) is 5.69 Å². The first-order chi connectivity index (χ1) is 43.7. The summed E-state index contributed by atoms with van der Waals surface area (Å²) in [6.07, 6.45) is 7.20. The predicted molar refractivity (Wildman–Crippen MR) is 328 cm³/mol. The second kappa shape index (κ2) is 41.5. The van der Waals surface area contributed by atoms with Gasteiger partial charge in [-0.25, -0.2) is 9.37 Å². The molecule has 4 aliphatic rings. The average Bonchev–Trinajstić information content (AvgIpc) is 1.59. The summed E-state index contributed by atoms with van der Waals surface area (Å²) in [5.41, 5.74) is 2.17. The van der Waals surface area contributed by atoms with E-state index < -0.39 is 65.1 Å². The zero-order valence-corrected chi connectivity index (χ0v) is 54.1. The van der Waals surface area contributed by atoms with Crippen LogP contribution in [-0.2, 0) is 112 Å². The first kappa shape index (κ1) is 76.5. The van der Waals surface area contributed by atoms with Gasteiger partial charge in [0.1, 0.15) is 18.9 Å². The molecule has 3 aliphatic heterocycles. The summed E-state index contributed by atoms with van der Waals surface area (Å²) < 4.78 is 176. The van der Waals surface area contributed by atoms with E-state index in [4.69, 9.17) is 66.1 Å². The van der Waals surface area contributed by atoms with Crippen molar-refractivity contribution in [2.75, 3.05) is 195 Å². The molecule has 1 fully saturated rings. The lowest BCUT2D eigenvalue weighted by atomic mass is 9.77. The molecule has 32 heteroatoms.